The Bertz CT molecular complexity index is 681. The minimum absolute atomic E-state index is 0.202. The Balaban J connectivity index is 1.57. The fourth-order valence-corrected chi connectivity index (χ4v) is 2.56. The molecule has 0 saturated heterocycles. The molecule has 0 N–H and O–H groups in total. The van der Waals surface area contributed by atoms with E-state index in [0.29, 0.717) is 6.61 Å². The normalized spacial score (nSPS) is 16.4. The maximum absolute atomic E-state index is 11.0. The van der Waals surface area contributed by atoms with Gasteiger partial charge in [0.1, 0.15) is 18.6 Å². The number of carbonyl (C=O) groups is 1. The van der Waals surface area contributed by atoms with E-state index in [9.17, 15) is 4.79 Å². The molecule has 1 atom stereocenters. The second kappa shape index (κ2) is 6.90. The van der Waals surface area contributed by atoms with E-state index in [4.69, 9.17) is 4.74 Å². The zero-order valence-corrected chi connectivity index (χ0v) is 12.3. The van der Waals surface area contributed by atoms with Gasteiger partial charge in [0.2, 0.25) is 0 Å². The number of carbonyl (C=O) groups excluding carboxylic acids is 1. The molecule has 3 rings (SSSR count). The molecule has 2 aromatic carbocycles. The molecule has 0 aromatic heterocycles. The summed E-state index contributed by atoms with van der Waals surface area (Å²) in [5.41, 5.74) is 3.21. The van der Waals surface area contributed by atoms with Gasteiger partial charge in [-0.15, -0.1) is 0 Å². The summed E-state index contributed by atoms with van der Waals surface area (Å²) in [5.74, 6) is 1.06. The molecule has 0 aliphatic heterocycles. The number of hydrogen-bond acceptors (Lipinski definition) is 2. The summed E-state index contributed by atoms with van der Waals surface area (Å²) in [4.78, 5) is 11.0. The van der Waals surface area contributed by atoms with E-state index >= 15 is 0 Å². The zero-order valence-electron chi connectivity index (χ0n) is 12.3. The van der Waals surface area contributed by atoms with E-state index in [2.05, 4.69) is 18.2 Å². The summed E-state index contributed by atoms with van der Waals surface area (Å²) < 4.78 is 5.78. The molecular weight excluding hydrogens is 272 g/mol. The lowest BCUT2D eigenvalue weighted by atomic mass is 9.95. The third kappa shape index (κ3) is 3.53. The van der Waals surface area contributed by atoms with E-state index < -0.39 is 0 Å². The minimum atomic E-state index is 0.202. The van der Waals surface area contributed by atoms with Crippen molar-refractivity contribution in [3.05, 3.63) is 89.5 Å². The number of allylic oxidation sites excluding steroid dienone is 4. The van der Waals surface area contributed by atoms with E-state index in [1.165, 1.54) is 5.56 Å². The Hall–Kier alpha value is -2.61. The Kier molecular flexibility index (Phi) is 4.50. The number of hydrogen-bond donors (Lipinski definition) is 0. The molecule has 0 heterocycles. The minimum Gasteiger partial charge on any atom is -0.489 e. The van der Waals surface area contributed by atoms with Crippen LogP contribution in [0.5, 0.6) is 5.75 Å². The molecule has 2 aromatic rings. The van der Waals surface area contributed by atoms with Crippen LogP contribution in [0.4, 0.5) is 0 Å². The van der Waals surface area contributed by atoms with Gasteiger partial charge in [0.25, 0.3) is 0 Å². The molecule has 0 bridgehead atoms. The fraction of sp³-hybridized carbons (Fsp3) is 0.150. The summed E-state index contributed by atoms with van der Waals surface area (Å²) in [7, 11) is 0. The monoisotopic (exact) mass is 290 g/mol. The van der Waals surface area contributed by atoms with Gasteiger partial charge >= 0.3 is 0 Å². The van der Waals surface area contributed by atoms with Crippen LogP contribution in [-0.2, 0) is 17.8 Å². The van der Waals surface area contributed by atoms with E-state index in [0.717, 1.165) is 29.6 Å². The van der Waals surface area contributed by atoms with E-state index in [1.54, 1.807) is 0 Å². The van der Waals surface area contributed by atoms with Crippen LogP contribution in [0.2, 0.25) is 0 Å². The van der Waals surface area contributed by atoms with Crippen LogP contribution in [0.3, 0.4) is 0 Å². The highest BCUT2D eigenvalue weighted by Gasteiger charge is 2.14. The molecule has 0 saturated carbocycles. The van der Waals surface area contributed by atoms with Crippen molar-refractivity contribution in [3.63, 3.8) is 0 Å². The third-order valence-corrected chi connectivity index (χ3v) is 3.82. The Morgan fingerprint density at radius 2 is 1.73 bits per heavy atom. The summed E-state index contributed by atoms with van der Waals surface area (Å²) >= 11 is 0. The van der Waals surface area contributed by atoms with Gasteiger partial charge in [-0.1, -0.05) is 60.7 Å². The quantitative estimate of drug-likeness (QED) is 0.748. The molecule has 0 radical (unpaired) electrons. The van der Waals surface area contributed by atoms with Crippen molar-refractivity contribution >= 4 is 6.29 Å². The van der Waals surface area contributed by atoms with Crippen molar-refractivity contribution < 1.29 is 9.53 Å². The molecule has 2 nitrogen and oxygen atoms in total. The summed E-state index contributed by atoms with van der Waals surface area (Å²) in [5, 5.41) is 0. The molecule has 1 aliphatic carbocycles. The van der Waals surface area contributed by atoms with Gasteiger partial charge in [0, 0.05) is 5.92 Å². The summed E-state index contributed by atoms with van der Waals surface area (Å²) in [6.07, 6.45) is 7.70. The smallest absolute Gasteiger partial charge is 0.146 e. The van der Waals surface area contributed by atoms with Crippen LogP contribution in [0.25, 0.3) is 0 Å². The van der Waals surface area contributed by atoms with Crippen LogP contribution < -0.4 is 4.74 Å². The van der Waals surface area contributed by atoms with Crippen molar-refractivity contribution in [2.24, 2.45) is 5.92 Å². The van der Waals surface area contributed by atoms with Crippen molar-refractivity contribution in [2.45, 2.75) is 13.0 Å². The average Bonchev–Trinajstić information content (AvgIpc) is 3.02. The zero-order chi connectivity index (χ0) is 15.2. The molecule has 2 heteroatoms. The Morgan fingerprint density at radius 1 is 0.955 bits per heavy atom. The Labute approximate surface area is 130 Å². The highest BCUT2D eigenvalue weighted by molar-refractivity contribution is 5.76. The van der Waals surface area contributed by atoms with E-state index in [1.807, 2.05) is 54.6 Å². The molecule has 0 spiro atoms. The maximum Gasteiger partial charge on any atom is 0.146 e. The van der Waals surface area contributed by atoms with Crippen LogP contribution in [0.15, 0.2) is 78.4 Å². The predicted octanol–water partition coefficient (Wildman–Crippen LogP) is 4.12. The first-order valence-corrected chi connectivity index (χ1v) is 7.44. The maximum atomic E-state index is 11.0. The second-order valence-electron chi connectivity index (χ2n) is 5.40. The first-order valence-electron chi connectivity index (χ1n) is 7.44. The number of benzene rings is 2. The first-order chi connectivity index (χ1) is 10.8. The lowest BCUT2D eigenvalue weighted by Gasteiger charge is -2.11. The SMILES string of the molecule is O=CC1=CC=CC1Cc1ccc(OCc2ccccc2)cc1. The summed E-state index contributed by atoms with van der Waals surface area (Å²) in [6, 6.07) is 18.2. The van der Waals surface area contributed by atoms with Gasteiger partial charge in [-0.2, -0.15) is 0 Å². The molecule has 1 aliphatic rings. The molecule has 22 heavy (non-hydrogen) atoms. The van der Waals surface area contributed by atoms with Crippen molar-refractivity contribution in [2.75, 3.05) is 0 Å². The first kappa shape index (κ1) is 14.3. The van der Waals surface area contributed by atoms with Crippen molar-refractivity contribution in [1.82, 2.24) is 0 Å². The van der Waals surface area contributed by atoms with Gasteiger partial charge in [-0.3, -0.25) is 4.79 Å². The largest absolute Gasteiger partial charge is 0.489 e. The van der Waals surface area contributed by atoms with Gasteiger partial charge in [0.15, 0.2) is 0 Å². The highest BCUT2D eigenvalue weighted by atomic mass is 16.5. The molecule has 110 valence electrons. The van der Waals surface area contributed by atoms with Gasteiger partial charge in [-0.05, 0) is 35.3 Å². The summed E-state index contributed by atoms with van der Waals surface area (Å²) in [6.45, 7) is 0.573. The van der Waals surface area contributed by atoms with Crippen LogP contribution in [-0.4, -0.2) is 6.29 Å². The number of ether oxygens (including phenoxy) is 1. The molecule has 0 amide bonds. The Morgan fingerprint density at radius 3 is 2.45 bits per heavy atom. The van der Waals surface area contributed by atoms with Gasteiger partial charge in [0.05, 0.1) is 0 Å². The number of aldehydes is 1. The van der Waals surface area contributed by atoms with Crippen molar-refractivity contribution in [3.8, 4) is 5.75 Å². The fourth-order valence-electron chi connectivity index (χ4n) is 2.56. The molecule has 0 fully saturated rings. The lowest BCUT2D eigenvalue weighted by Crippen LogP contribution is -2.03. The standard InChI is InChI=1S/C20H18O2/c21-14-19-8-4-7-18(19)13-16-9-11-20(12-10-16)22-15-17-5-2-1-3-6-17/h1-12,14,18H,13,15H2. The number of rotatable bonds is 6. The highest BCUT2D eigenvalue weighted by Crippen LogP contribution is 2.23. The van der Waals surface area contributed by atoms with E-state index in [-0.39, 0.29) is 5.92 Å². The third-order valence-electron chi connectivity index (χ3n) is 3.82. The molecular formula is C20H18O2. The van der Waals surface area contributed by atoms with Crippen molar-refractivity contribution in [1.29, 1.82) is 0 Å². The van der Waals surface area contributed by atoms with Crippen LogP contribution >= 0.6 is 0 Å². The van der Waals surface area contributed by atoms with Crippen LogP contribution in [0, 0.1) is 5.92 Å². The van der Waals surface area contributed by atoms with Gasteiger partial charge in [-0.25, -0.2) is 0 Å². The lowest BCUT2D eigenvalue weighted by molar-refractivity contribution is -0.105. The topological polar surface area (TPSA) is 26.3 Å². The van der Waals surface area contributed by atoms with Crippen LogP contribution in [0.1, 0.15) is 11.1 Å². The average molecular weight is 290 g/mol. The molecule has 1 unspecified atom stereocenters. The predicted molar refractivity (Wildman–Crippen MR) is 87.7 cm³/mol. The van der Waals surface area contributed by atoms with Gasteiger partial charge < -0.3 is 4.74 Å². The second-order valence-corrected chi connectivity index (χ2v) is 5.40.